The number of nitrogens with one attached hydrogen (secondary N) is 1. The topological polar surface area (TPSA) is 74.2 Å². The van der Waals surface area contributed by atoms with Gasteiger partial charge in [0.15, 0.2) is 0 Å². The van der Waals surface area contributed by atoms with E-state index in [-0.39, 0.29) is 11.4 Å². The molecule has 0 bridgehead atoms. The van der Waals surface area contributed by atoms with Crippen LogP contribution in [0.25, 0.3) is 11.4 Å². The van der Waals surface area contributed by atoms with Gasteiger partial charge in [-0.15, -0.1) is 10.2 Å². The number of rotatable bonds is 3. The van der Waals surface area contributed by atoms with Gasteiger partial charge in [0, 0.05) is 18.3 Å². The minimum atomic E-state index is -4.56. The van der Waals surface area contributed by atoms with Crippen LogP contribution in [0.5, 0.6) is 5.75 Å². The Bertz CT molecular complexity index is 873. The first-order valence-electron chi connectivity index (χ1n) is 9.44. The molecule has 2 aliphatic heterocycles. The molecule has 2 atom stereocenters. The maximum atomic E-state index is 12.8. The lowest BCUT2D eigenvalue weighted by Crippen LogP contribution is -2.47. The van der Waals surface area contributed by atoms with E-state index in [1.807, 2.05) is 0 Å². The van der Waals surface area contributed by atoms with Gasteiger partial charge in [0.2, 0.25) is 0 Å². The second kappa shape index (κ2) is 7.20. The summed E-state index contributed by atoms with van der Waals surface area (Å²) < 4.78 is 38.3. The molecule has 2 N–H and O–H groups in total. The third kappa shape index (κ3) is 3.63. The fourth-order valence-electron chi connectivity index (χ4n) is 4.23. The Labute approximate surface area is 160 Å². The maximum Gasteiger partial charge on any atom is 0.418 e. The molecule has 2 saturated heterocycles. The van der Waals surface area contributed by atoms with E-state index < -0.39 is 17.5 Å². The number of fused-ring (bicyclic) bond motifs is 1. The standard InChI is InChI=1S/C19H22F3N5O/c1-11-8-16(24-13-4-2-6-27-7-3-5-14(13)27)25-26-17(11)18-15(28)9-12(10-23-18)19(20,21)22/h8-10,13-14,28H,2-7H2,1H3,(H,24,25). The molecular weight excluding hydrogens is 371 g/mol. The Balaban J connectivity index is 1.55. The second-order valence-electron chi connectivity index (χ2n) is 7.49. The zero-order valence-electron chi connectivity index (χ0n) is 15.5. The van der Waals surface area contributed by atoms with E-state index >= 15 is 0 Å². The van der Waals surface area contributed by atoms with Gasteiger partial charge in [-0.25, -0.2) is 4.98 Å². The van der Waals surface area contributed by atoms with Gasteiger partial charge in [0.25, 0.3) is 0 Å². The molecule has 0 spiro atoms. The first kappa shape index (κ1) is 18.9. The van der Waals surface area contributed by atoms with Crippen LogP contribution in [0, 0.1) is 6.92 Å². The molecule has 2 aromatic heterocycles. The van der Waals surface area contributed by atoms with Crippen LogP contribution in [0.2, 0.25) is 0 Å². The van der Waals surface area contributed by atoms with Crippen molar-refractivity contribution >= 4 is 5.82 Å². The molecule has 2 aliphatic rings. The lowest BCUT2D eigenvalue weighted by Gasteiger charge is -2.37. The average molecular weight is 393 g/mol. The summed E-state index contributed by atoms with van der Waals surface area (Å²) in [6.45, 7) is 4.06. The summed E-state index contributed by atoms with van der Waals surface area (Å²) in [6, 6.07) is 3.28. The summed E-state index contributed by atoms with van der Waals surface area (Å²) in [5, 5.41) is 21.8. The summed E-state index contributed by atoms with van der Waals surface area (Å²) in [7, 11) is 0. The molecule has 150 valence electrons. The van der Waals surface area contributed by atoms with E-state index in [0.717, 1.165) is 25.9 Å². The van der Waals surface area contributed by atoms with Crippen LogP contribution in [0.15, 0.2) is 18.3 Å². The smallest absolute Gasteiger partial charge is 0.418 e. The molecule has 28 heavy (non-hydrogen) atoms. The van der Waals surface area contributed by atoms with Crippen LogP contribution in [-0.4, -0.2) is 50.4 Å². The summed E-state index contributed by atoms with van der Waals surface area (Å²) in [4.78, 5) is 6.28. The highest BCUT2D eigenvalue weighted by atomic mass is 19.4. The quantitative estimate of drug-likeness (QED) is 0.830. The van der Waals surface area contributed by atoms with Crippen LogP contribution in [-0.2, 0) is 6.18 Å². The van der Waals surface area contributed by atoms with Gasteiger partial charge >= 0.3 is 6.18 Å². The number of aromatic nitrogens is 3. The first-order valence-corrected chi connectivity index (χ1v) is 9.44. The van der Waals surface area contributed by atoms with Crippen molar-refractivity contribution in [2.24, 2.45) is 0 Å². The third-order valence-electron chi connectivity index (χ3n) is 5.58. The number of hydrogen-bond donors (Lipinski definition) is 2. The molecule has 0 saturated carbocycles. The summed E-state index contributed by atoms with van der Waals surface area (Å²) in [5.41, 5.74) is -0.0673. The molecule has 4 rings (SSSR count). The van der Waals surface area contributed by atoms with Gasteiger partial charge in [-0.2, -0.15) is 13.2 Å². The van der Waals surface area contributed by atoms with Gasteiger partial charge in [0.05, 0.1) is 5.56 Å². The third-order valence-corrected chi connectivity index (χ3v) is 5.58. The van der Waals surface area contributed by atoms with E-state index in [1.165, 1.54) is 12.8 Å². The Kier molecular flexibility index (Phi) is 4.86. The number of anilines is 1. The highest BCUT2D eigenvalue weighted by Gasteiger charge is 2.35. The highest BCUT2D eigenvalue weighted by molar-refractivity contribution is 5.66. The van der Waals surface area contributed by atoms with E-state index in [1.54, 1.807) is 13.0 Å². The van der Waals surface area contributed by atoms with Crippen molar-refractivity contribution in [3.63, 3.8) is 0 Å². The van der Waals surface area contributed by atoms with Crippen molar-refractivity contribution in [1.29, 1.82) is 0 Å². The van der Waals surface area contributed by atoms with Crippen LogP contribution in [0.1, 0.15) is 36.8 Å². The zero-order valence-corrected chi connectivity index (χ0v) is 15.5. The summed E-state index contributed by atoms with van der Waals surface area (Å²) in [5.74, 6) is 0.0632. The minimum Gasteiger partial charge on any atom is -0.506 e. The number of aromatic hydroxyl groups is 1. The van der Waals surface area contributed by atoms with Crippen molar-refractivity contribution < 1.29 is 18.3 Å². The van der Waals surface area contributed by atoms with Gasteiger partial charge in [-0.1, -0.05) is 0 Å². The molecule has 2 unspecified atom stereocenters. The van der Waals surface area contributed by atoms with Gasteiger partial charge in [-0.05, 0) is 63.4 Å². The molecule has 0 amide bonds. The van der Waals surface area contributed by atoms with Gasteiger partial charge in [-0.3, -0.25) is 4.90 Å². The fraction of sp³-hybridized carbons (Fsp3) is 0.526. The fourth-order valence-corrected chi connectivity index (χ4v) is 4.23. The Morgan fingerprint density at radius 2 is 1.86 bits per heavy atom. The van der Waals surface area contributed by atoms with E-state index in [4.69, 9.17) is 0 Å². The molecule has 9 heteroatoms. The van der Waals surface area contributed by atoms with Gasteiger partial charge < -0.3 is 10.4 Å². The van der Waals surface area contributed by atoms with Crippen molar-refractivity contribution in [3.05, 3.63) is 29.5 Å². The van der Waals surface area contributed by atoms with Crippen molar-refractivity contribution in [1.82, 2.24) is 20.1 Å². The Morgan fingerprint density at radius 1 is 1.11 bits per heavy atom. The first-order chi connectivity index (χ1) is 13.3. The molecular formula is C19H22F3N5O. The second-order valence-corrected chi connectivity index (χ2v) is 7.49. The lowest BCUT2D eigenvalue weighted by molar-refractivity contribution is -0.137. The number of hydrogen-bond acceptors (Lipinski definition) is 6. The molecule has 2 fully saturated rings. The molecule has 0 radical (unpaired) electrons. The van der Waals surface area contributed by atoms with E-state index in [2.05, 4.69) is 25.4 Å². The SMILES string of the molecule is Cc1cc(NC2CCCN3CCCC23)nnc1-c1ncc(C(F)(F)F)cc1O. The number of halogens is 3. The number of alkyl halides is 3. The maximum absolute atomic E-state index is 12.8. The lowest BCUT2D eigenvalue weighted by atomic mass is 9.96. The van der Waals surface area contributed by atoms with E-state index in [9.17, 15) is 18.3 Å². The molecule has 0 aromatic carbocycles. The summed E-state index contributed by atoms with van der Waals surface area (Å²) >= 11 is 0. The number of piperidine rings is 1. The highest BCUT2D eigenvalue weighted by Crippen LogP contribution is 2.35. The minimum absolute atomic E-state index is 0.0100. The monoisotopic (exact) mass is 393 g/mol. The summed E-state index contributed by atoms with van der Waals surface area (Å²) in [6.07, 6.45) is 0.731. The normalized spacial score (nSPS) is 22.9. The Hall–Kier alpha value is -2.42. The number of aryl methyl sites for hydroxylation is 1. The number of pyridine rings is 1. The van der Waals surface area contributed by atoms with Crippen LogP contribution >= 0.6 is 0 Å². The van der Waals surface area contributed by atoms with Crippen molar-refractivity contribution in [3.8, 4) is 17.1 Å². The van der Waals surface area contributed by atoms with Crippen molar-refractivity contribution in [2.75, 3.05) is 18.4 Å². The average Bonchev–Trinajstić information content (AvgIpc) is 3.11. The van der Waals surface area contributed by atoms with Crippen LogP contribution in [0.4, 0.5) is 19.0 Å². The Morgan fingerprint density at radius 3 is 2.54 bits per heavy atom. The zero-order chi connectivity index (χ0) is 19.9. The largest absolute Gasteiger partial charge is 0.506 e. The predicted molar refractivity (Wildman–Crippen MR) is 97.9 cm³/mol. The molecule has 2 aromatic rings. The van der Waals surface area contributed by atoms with Crippen LogP contribution in [0.3, 0.4) is 0 Å². The predicted octanol–water partition coefficient (Wildman–Crippen LogP) is 3.61. The molecule has 0 aliphatic carbocycles. The van der Waals surface area contributed by atoms with Gasteiger partial charge in [0.1, 0.15) is 23.0 Å². The van der Waals surface area contributed by atoms with Crippen LogP contribution < -0.4 is 5.32 Å². The molecule has 6 nitrogen and oxygen atoms in total. The van der Waals surface area contributed by atoms with Crippen molar-refractivity contribution in [2.45, 2.75) is 50.9 Å². The number of nitrogens with zero attached hydrogens (tertiary/aromatic N) is 4. The van der Waals surface area contributed by atoms with E-state index in [0.29, 0.717) is 35.7 Å². The molecule has 4 heterocycles.